The number of rotatable bonds is 5. The molecule has 144 valence electrons. The highest BCUT2D eigenvalue weighted by Gasteiger charge is 2.30. The number of nitrogens with two attached hydrogens (primary N) is 1. The molecule has 27 heavy (non-hydrogen) atoms. The van der Waals surface area contributed by atoms with E-state index in [-0.39, 0.29) is 16.1 Å². The molecule has 0 aromatic heterocycles. The predicted octanol–water partition coefficient (Wildman–Crippen LogP) is 3.01. The molecule has 0 saturated carbocycles. The fourth-order valence-corrected chi connectivity index (χ4v) is 2.88. The van der Waals surface area contributed by atoms with Gasteiger partial charge in [-0.1, -0.05) is 5.22 Å². The monoisotopic (exact) mass is 400 g/mol. The first kappa shape index (κ1) is 20.3. The summed E-state index contributed by atoms with van der Waals surface area (Å²) in [4.78, 5) is -0.130. The van der Waals surface area contributed by atoms with E-state index in [0.717, 1.165) is 12.1 Å². The Hall–Kier alpha value is -2.99. The van der Waals surface area contributed by atoms with Gasteiger partial charge in [0.05, 0.1) is 10.5 Å². The van der Waals surface area contributed by atoms with Crippen molar-refractivity contribution in [2.24, 2.45) is 16.2 Å². The van der Waals surface area contributed by atoms with Gasteiger partial charge in [0.25, 0.3) is 0 Å². The van der Waals surface area contributed by atoms with Crippen molar-refractivity contribution in [3.63, 3.8) is 0 Å². The van der Waals surface area contributed by atoms with Gasteiger partial charge in [-0.05, 0) is 49.5 Å². The molecule has 2 rings (SSSR count). The third kappa shape index (κ3) is 4.80. The molecule has 8 nitrogen and oxygen atoms in total. The van der Waals surface area contributed by atoms with E-state index in [2.05, 4.69) is 20.4 Å². The van der Waals surface area contributed by atoms with Crippen molar-refractivity contribution in [2.75, 3.05) is 12.4 Å². The van der Waals surface area contributed by atoms with Crippen LogP contribution in [0.3, 0.4) is 0 Å². The van der Waals surface area contributed by atoms with E-state index in [1.54, 1.807) is 0 Å². The smallest absolute Gasteiger partial charge is 0.355 e. The first-order valence-corrected chi connectivity index (χ1v) is 8.78. The molecule has 0 saturated heterocycles. The van der Waals surface area contributed by atoms with Crippen molar-refractivity contribution in [1.82, 2.24) is 4.72 Å². The largest absolute Gasteiger partial charge is 0.416 e. The third-order valence-corrected chi connectivity index (χ3v) is 4.89. The van der Waals surface area contributed by atoms with Gasteiger partial charge in [-0.2, -0.15) is 13.2 Å². The summed E-state index contributed by atoms with van der Waals surface area (Å²) in [6.45, 7) is 0. The molecule has 0 unspecified atom stereocenters. The van der Waals surface area contributed by atoms with Crippen LogP contribution in [0.25, 0.3) is 0 Å². The normalized spacial score (nSPS) is 12.3. The quantitative estimate of drug-likeness (QED) is 0.202. The summed E-state index contributed by atoms with van der Waals surface area (Å²) >= 11 is 0. The van der Waals surface area contributed by atoms with Crippen molar-refractivity contribution in [3.8, 4) is 0 Å². The summed E-state index contributed by atoms with van der Waals surface area (Å²) in [5.74, 6) is 4.51. The maximum Gasteiger partial charge on any atom is 0.416 e. The summed E-state index contributed by atoms with van der Waals surface area (Å²) in [7, 11) is -2.55. The number of anilines is 2. The highest BCUT2D eigenvalue weighted by molar-refractivity contribution is 7.89. The SMILES string of the molecule is CNS(=O)(=O)c1ccc(Nc2ccc(C(F)(F)F)cc2)c(C(=N)N=NN)c1. The lowest BCUT2D eigenvalue weighted by molar-refractivity contribution is -0.137. The highest BCUT2D eigenvalue weighted by atomic mass is 32.2. The standard InChI is InChI=1S/C15H15F3N6O2S/c1-21-27(25,26)11-6-7-13(12(8-11)14(19)23-24-20)22-10-4-2-9(3-5-10)15(16,17)18/h2-8,21-22H,1H3,(H3,19,20,23). The van der Waals surface area contributed by atoms with Gasteiger partial charge in [-0.3, -0.25) is 5.41 Å². The van der Waals surface area contributed by atoms with E-state index < -0.39 is 27.6 Å². The van der Waals surface area contributed by atoms with Crippen LogP contribution in [0, 0.1) is 5.41 Å². The first-order chi connectivity index (χ1) is 12.6. The number of hydrogen-bond acceptors (Lipinski definition) is 5. The molecule has 12 heteroatoms. The van der Waals surface area contributed by atoms with Crippen LogP contribution in [-0.2, 0) is 16.2 Å². The van der Waals surface area contributed by atoms with Crippen LogP contribution < -0.4 is 15.9 Å². The number of nitrogens with zero attached hydrogens (tertiary/aromatic N) is 2. The Kier molecular flexibility index (Phi) is 5.81. The number of hydrogen-bond donors (Lipinski definition) is 4. The molecule has 0 amide bonds. The molecule has 0 radical (unpaired) electrons. The Morgan fingerprint density at radius 3 is 2.30 bits per heavy atom. The van der Waals surface area contributed by atoms with Crippen LogP contribution in [0.2, 0.25) is 0 Å². The lowest BCUT2D eigenvalue weighted by atomic mass is 10.1. The first-order valence-electron chi connectivity index (χ1n) is 7.30. The maximum atomic E-state index is 12.6. The van der Waals surface area contributed by atoms with Crippen LogP contribution >= 0.6 is 0 Å². The topological polar surface area (TPSA) is 133 Å². The van der Waals surface area contributed by atoms with Crippen molar-refractivity contribution in [3.05, 3.63) is 53.6 Å². The van der Waals surface area contributed by atoms with Gasteiger partial charge in [-0.15, -0.1) is 5.11 Å². The minimum absolute atomic E-state index is 0.0421. The van der Waals surface area contributed by atoms with Gasteiger partial charge in [0.15, 0.2) is 5.84 Å². The molecule has 0 bridgehead atoms. The number of benzene rings is 2. The lowest BCUT2D eigenvalue weighted by Crippen LogP contribution is -2.19. The number of alkyl halides is 3. The minimum Gasteiger partial charge on any atom is -0.355 e. The molecule has 0 fully saturated rings. The van der Waals surface area contributed by atoms with Crippen molar-refractivity contribution in [2.45, 2.75) is 11.1 Å². The molecule has 2 aromatic carbocycles. The number of sulfonamides is 1. The summed E-state index contributed by atoms with van der Waals surface area (Å²) in [6, 6.07) is 8.01. The summed E-state index contributed by atoms with van der Waals surface area (Å²) in [5, 5.41) is 17.1. The Morgan fingerprint density at radius 2 is 1.78 bits per heavy atom. The predicted molar refractivity (Wildman–Crippen MR) is 93.3 cm³/mol. The molecule has 0 heterocycles. The van der Waals surface area contributed by atoms with Gasteiger partial charge in [0.2, 0.25) is 10.0 Å². The van der Waals surface area contributed by atoms with E-state index in [9.17, 15) is 21.6 Å². The average molecular weight is 400 g/mol. The molecule has 0 aliphatic rings. The van der Waals surface area contributed by atoms with Gasteiger partial charge in [0, 0.05) is 16.9 Å². The fourth-order valence-electron chi connectivity index (χ4n) is 2.12. The Labute approximate surface area is 152 Å². The zero-order chi connectivity index (χ0) is 20.2. The molecular weight excluding hydrogens is 385 g/mol. The van der Waals surface area contributed by atoms with Gasteiger partial charge >= 0.3 is 6.18 Å². The summed E-state index contributed by atoms with van der Waals surface area (Å²) in [5.41, 5.74) is -0.234. The van der Waals surface area contributed by atoms with Gasteiger partial charge < -0.3 is 11.2 Å². The zero-order valence-electron chi connectivity index (χ0n) is 13.9. The van der Waals surface area contributed by atoms with Crippen LogP contribution in [0.4, 0.5) is 24.5 Å². The Bertz CT molecular complexity index is 972. The number of nitrogens with one attached hydrogen (secondary N) is 3. The van der Waals surface area contributed by atoms with E-state index in [0.29, 0.717) is 5.69 Å². The maximum absolute atomic E-state index is 12.6. The second-order valence-corrected chi connectivity index (χ2v) is 7.07. The molecule has 5 N–H and O–H groups in total. The molecule has 0 aliphatic heterocycles. The van der Waals surface area contributed by atoms with E-state index in [1.807, 2.05) is 0 Å². The number of amidine groups is 1. The molecule has 0 aliphatic carbocycles. The van der Waals surface area contributed by atoms with Crippen molar-refractivity contribution in [1.29, 1.82) is 5.41 Å². The summed E-state index contributed by atoms with van der Waals surface area (Å²) in [6.07, 6.45) is -4.46. The van der Waals surface area contributed by atoms with Crippen LogP contribution in [-0.4, -0.2) is 21.3 Å². The van der Waals surface area contributed by atoms with Crippen molar-refractivity contribution >= 4 is 27.2 Å². The lowest BCUT2D eigenvalue weighted by Gasteiger charge is -2.14. The second kappa shape index (κ2) is 7.72. The van der Waals surface area contributed by atoms with Crippen LogP contribution in [0.1, 0.15) is 11.1 Å². The van der Waals surface area contributed by atoms with E-state index in [4.69, 9.17) is 11.3 Å². The van der Waals surface area contributed by atoms with E-state index >= 15 is 0 Å². The van der Waals surface area contributed by atoms with Crippen LogP contribution in [0.15, 0.2) is 57.7 Å². The van der Waals surface area contributed by atoms with Crippen molar-refractivity contribution < 1.29 is 21.6 Å². The average Bonchev–Trinajstić information content (AvgIpc) is 2.61. The minimum atomic E-state index is -4.46. The molecule has 2 aromatic rings. The highest BCUT2D eigenvalue weighted by Crippen LogP contribution is 2.31. The Morgan fingerprint density at radius 1 is 1.15 bits per heavy atom. The zero-order valence-corrected chi connectivity index (χ0v) is 14.7. The van der Waals surface area contributed by atoms with Crippen LogP contribution in [0.5, 0.6) is 0 Å². The fraction of sp³-hybridized carbons (Fsp3) is 0.133. The van der Waals surface area contributed by atoms with E-state index in [1.165, 1.54) is 37.4 Å². The summed E-state index contributed by atoms with van der Waals surface area (Å²) < 4.78 is 64.0. The second-order valence-electron chi connectivity index (χ2n) is 5.18. The van der Waals surface area contributed by atoms with Gasteiger partial charge in [-0.25, -0.2) is 13.1 Å². The molecule has 0 spiro atoms. The number of halogens is 3. The Balaban J connectivity index is 2.45. The third-order valence-electron chi connectivity index (χ3n) is 3.47. The molecular formula is C15H15F3N6O2S. The van der Waals surface area contributed by atoms with Gasteiger partial charge in [0.1, 0.15) is 0 Å². The molecule has 0 atom stereocenters.